The van der Waals surface area contributed by atoms with Gasteiger partial charge in [0.25, 0.3) is 5.97 Å². The van der Waals surface area contributed by atoms with Gasteiger partial charge in [-0.2, -0.15) is 30.3 Å². The van der Waals surface area contributed by atoms with Gasteiger partial charge in [-0.3, -0.25) is 4.79 Å². The summed E-state index contributed by atoms with van der Waals surface area (Å²) in [4.78, 5) is 13.0. The van der Waals surface area contributed by atoms with Gasteiger partial charge in [0.2, 0.25) is 0 Å². The molecule has 9 aromatic carbocycles. The molecular weight excluding hydrogens is 1150 g/mol. The second kappa shape index (κ2) is 26.3. The number of hydrogen-bond acceptors (Lipinski definition) is 2. The fourth-order valence-corrected chi connectivity index (χ4v) is 16.7. The van der Waals surface area contributed by atoms with Crippen LogP contribution in [0.15, 0.2) is 267 Å². The molecule has 0 aromatic heterocycles. The molecule has 0 heterocycles. The smallest absolute Gasteiger partial charge is 0.0134 e. The zero-order valence-corrected chi connectivity index (χ0v) is 44.5. The molecule has 9 rings (SSSR count). The molecule has 2 nitrogen and oxygen atoms in total. The SMILES string of the molecule is CC(C)(C)[Si](OC(=O)c1c[c-]ccc1)(c1ccccc1)c1ccccc1.[I][Pt+].c1ccc(P(c2ccccc2)c2ccccc2)cc1.c1ccc(P(c2ccccc2)c2ccccc2)cc1. The zero-order chi connectivity index (χ0) is 46.5. The number of rotatable bonds is 10. The molecule has 0 bridgehead atoms. The molecule has 7 heteroatoms. The van der Waals surface area contributed by atoms with Gasteiger partial charge in [0.15, 0.2) is 0 Å². The third-order valence-electron chi connectivity index (χ3n) is 10.7. The van der Waals surface area contributed by atoms with Crippen LogP contribution in [0.4, 0.5) is 0 Å². The van der Waals surface area contributed by atoms with Crippen LogP contribution in [0.5, 0.6) is 0 Å². The van der Waals surface area contributed by atoms with Crippen molar-refractivity contribution < 1.29 is 25.4 Å². The second-order valence-electron chi connectivity index (χ2n) is 16.0. The van der Waals surface area contributed by atoms with Crippen LogP contribution in [0, 0.1) is 6.07 Å². The number of carbonyl (C=O) groups excluding carboxylic acids is 1. The molecule has 66 heavy (non-hydrogen) atoms. The maximum Gasteiger partial charge on any atom is -0.0134 e. The Bertz CT molecular complexity index is 2370. The van der Waals surface area contributed by atoms with E-state index in [2.05, 4.69) is 269 Å². The van der Waals surface area contributed by atoms with Crippen molar-refractivity contribution in [2.75, 3.05) is 0 Å². The van der Waals surface area contributed by atoms with Crippen LogP contribution in [0.3, 0.4) is 0 Å². The Kier molecular flexibility index (Phi) is 20.1. The maximum absolute atomic E-state index is 13.0. The van der Waals surface area contributed by atoms with Crippen molar-refractivity contribution in [2.24, 2.45) is 0 Å². The molecule has 0 unspecified atom stereocenters. The van der Waals surface area contributed by atoms with E-state index in [-0.39, 0.29) is 11.0 Å². The maximum atomic E-state index is 13.0. The van der Waals surface area contributed by atoms with Gasteiger partial charge in [-0.1, -0.05) is 269 Å². The summed E-state index contributed by atoms with van der Waals surface area (Å²) in [7, 11) is -3.75. The number of halogens is 1. The third-order valence-corrected chi connectivity index (χ3v) is 20.5. The van der Waals surface area contributed by atoms with Crippen molar-refractivity contribution in [3.05, 3.63) is 279 Å². The van der Waals surface area contributed by atoms with E-state index in [1.54, 1.807) is 18.2 Å². The molecule has 0 spiro atoms. The van der Waals surface area contributed by atoms with E-state index in [4.69, 9.17) is 4.43 Å². The molecule has 0 saturated heterocycles. The molecule has 0 atom stereocenters. The predicted molar refractivity (Wildman–Crippen MR) is 293 cm³/mol. The van der Waals surface area contributed by atoms with Crippen LogP contribution in [0.25, 0.3) is 0 Å². The Morgan fingerprint density at radius 3 is 0.909 bits per heavy atom. The van der Waals surface area contributed by atoms with Crippen LogP contribution in [0.1, 0.15) is 31.1 Å². The van der Waals surface area contributed by atoms with Gasteiger partial charge in [0, 0.05) is 0 Å². The fourth-order valence-electron chi connectivity index (χ4n) is 7.72. The molecule has 0 N–H and O–H groups in total. The van der Waals surface area contributed by atoms with E-state index in [1.165, 1.54) is 31.8 Å². The molecular formula is C59H53IO2P2PtSi. The normalized spacial score (nSPS) is 10.8. The average molecular weight is 1210 g/mol. The molecule has 9 aromatic rings. The fraction of sp³-hybridized carbons (Fsp3) is 0.0678. The van der Waals surface area contributed by atoms with Gasteiger partial charge in [0.1, 0.15) is 0 Å². The summed E-state index contributed by atoms with van der Waals surface area (Å²) in [5, 5.41) is 10.3. The molecule has 0 aliphatic carbocycles. The third kappa shape index (κ3) is 13.5. The van der Waals surface area contributed by atoms with Gasteiger partial charge in [-0.05, 0) is 63.1 Å². The summed E-state index contributed by atoms with van der Waals surface area (Å²) >= 11 is 4.23. The van der Waals surface area contributed by atoms with E-state index in [0.717, 1.165) is 10.4 Å². The summed E-state index contributed by atoms with van der Waals surface area (Å²) in [6.07, 6.45) is 0. The van der Waals surface area contributed by atoms with Crippen molar-refractivity contribution >= 4 is 91.7 Å². The first-order valence-corrected chi connectivity index (χ1v) is 32.7. The Labute approximate surface area is 417 Å². The van der Waals surface area contributed by atoms with Crippen LogP contribution >= 0.6 is 35.2 Å². The first kappa shape index (κ1) is 50.4. The monoisotopic (exact) mass is 1210 g/mol. The molecule has 0 radical (unpaired) electrons. The molecule has 0 amide bonds. The van der Waals surface area contributed by atoms with E-state index in [0.29, 0.717) is 5.56 Å². The van der Waals surface area contributed by atoms with E-state index < -0.39 is 24.2 Å². The second-order valence-corrected chi connectivity index (χ2v) is 24.7. The van der Waals surface area contributed by atoms with Crippen molar-refractivity contribution in [1.82, 2.24) is 0 Å². The van der Waals surface area contributed by atoms with Gasteiger partial charge >= 0.3 is 43.8 Å². The Morgan fingerprint density at radius 1 is 0.424 bits per heavy atom. The molecule has 0 aliphatic heterocycles. The summed E-state index contributed by atoms with van der Waals surface area (Å²) in [6.45, 7) is 6.47. The van der Waals surface area contributed by atoms with Crippen molar-refractivity contribution in [1.29, 1.82) is 0 Å². The summed E-state index contributed by atoms with van der Waals surface area (Å²) < 4.78 is 6.44. The Balaban J connectivity index is 0.000000163. The van der Waals surface area contributed by atoms with E-state index in [1.807, 2.05) is 42.5 Å². The van der Waals surface area contributed by atoms with Gasteiger partial charge in [-0.25, -0.2) is 0 Å². The van der Waals surface area contributed by atoms with Crippen LogP contribution in [0.2, 0.25) is 5.04 Å². The molecule has 0 aliphatic rings. The van der Waals surface area contributed by atoms with Crippen LogP contribution in [-0.4, -0.2) is 14.3 Å². The average Bonchev–Trinajstić information content (AvgIpc) is 3.39. The van der Waals surface area contributed by atoms with Crippen LogP contribution < -0.4 is 42.2 Å². The summed E-state index contributed by atoms with van der Waals surface area (Å²) in [5.41, 5.74) is 0.528. The molecule has 332 valence electrons. The standard InChI is InChI=1S/C23H23O2Si.2C18H15P.HI.Pt/c1-23(2,3)26(20-15-9-5-10-16-20,21-17-11-6-12-18-21)25-22(24)19-13-7-4-8-14-19;2*1-4-10-16(11-5-1)19(17-12-6-2-7-13-17)18-14-8-3-9-15-18;;/h4-7,9-18H,1-3H3;2*1-15H;1H;/q-1;;;;+2/p-1. The largest absolute Gasteiger partial charge is 0.0622 e. The summed E-state index contributed by atoms with van der Waals surface area (Å²) in [6, 6.07) is 95.0. The minimum absolute atomic E-state index is 0.232. The van der Waals surface area contributed by atoms with Gasteiger partial charge < -0.3 is 4.43 Å². The van der Waals surface area contributed by atoms with Crippen molar-refractivity contribution in [2.45, 2.75) is 25.8 Å². The van der Waals surface area contributed by atoms with Crippen molar-refractivity contribution in [3.63, 3.8) is 0 Å². The number of hydrogen-bond donors (Lipinski definition) is 0. The Morgan fingerprint density at radius 2 is 0.682 bits per heavy atom. The number of benzene rings is 9. The predicted octanol–water partition coefficient (Wildman–Crippen LogP) is 12.0. The Hall–Kier alpha value is -5.05. The van der Waals surface area contributed by atoms with E-state index >= 15 is 0 Å². The molecule has 0 saturated carbocycles. The van der Waals surface area contributed by atoms with Crippen LogP contribution in [-0.2, 0) is 20.6 Å². The first-order chi connectivity index (χ1) is 32.3. The topological polar surface area (TPSA) is 26.3 Å². The van der Waals surface area contributed by atoms with Crippen molar-refractivity contribution in [3.8, 4) is 0 Å². The summed E-state index contributed by atoms with van der Waals surface area (Å²) in [5.74, 6) is -0.295. The first-order valence-electron chi connectivity index (χ1n) is 21.7. The quantitative estimate of drug-likeness (QED) is 0.0590. The zero-order valence-electron chi connectivity index (χ0n) is 37.3. The minimum Gasteiger partial charge on any atom is -0.0622 e. The van der Waals surface area contributed by atoms with Gasteiger partial charge in [-0.15, -0.1) is 0 Å². The molecule has 0 fully saturated rings. The van der Waals surface area contributed by atoms with E-state index in [9.17, 15) is 4.79 Å². The minimum atomic E-state index is -2.86. The van der Waals surface area contributed by atoms with Gasteiger partial charge in [0.05, 0.1) is 0 Å². The number of carbonyl (C=O) groups is 1.